The number of benzene rings is 1. The summed E-state index contributed by atoms with van der Waals surface area (Å²) in [4.78, 5) is 13.3. The molecule has 2 rings (SSSR count). The Morgan fingerprint density at radius 2 is 1.86 bits per heavy atom. The van der Waals surface area contributed by atoms with Gasteiger partial charge >= 0.3 is 6.18 Å². The molecule has 118 valence electrons. The number of aromatic nitrogens is 1. The summed E-state index contributed by atoms with van der Waals surface area (Å²) in [5.41, 5.74) is -3.10. The van der Waals surface area contributed by atoms with Gasteiger partial charge in [0.15, 0.2) is 5.41 Å². The summed E-state index contributed by atoms with van der Waals surface area (Å²) in [6, 6.07) is 8.27. The Bertz CT molecular complexity index is 641. The van der Waals surface area contributed by atoms with Gasteiger partial charge in [-0.2, -0.15) is 13.2 Å². The van der Waals surface area contributed by atoms with Gasteiger partial charge in [0.25, 0.3) is 0 Å². The Labute approximate surface area is 128 Å². The van der Waals surface area contributed by atoms with Crippen molar-refractivity contribution < 1.29 is 18.1 Å². The highest BCUT2D eigenvalue weighted by Gasteiger charge is 2.61. The predicted octanol–water partition coefficient (Wildman–Crippen LogP) is 3.86. The minimum absolute atomic E-state index is 0.156. The average Bonchev–Trinajstić information content (AvgIpc) is 2.97. The highest BCUT2D eigenvalue weighted by atomic mass is 32.2. The van der Waals surface area contributed by atoms with Crippen molar-refractivity contribution in [3.8, 4) is 0 Å². The second-order valence-corrected chi connectivity index (χ2v) is 5.59. The predicted molar refractivity (Wildman–Crippen MR) is 77.7 cm³/mol. The number of rotatable bonds is 5. The maximum atomic E-state index is 13.8. The van der Waals surface area contributed by atoms with Crippen LogP contribution in [0.5, 0.6) is 0 Å². The number of halogens is 3. The van der Waals surface area contributed by atoms with Crippen LogP contribution < -0.4 is 0 Å². The smallest absolute Gasteiger partial charge is 0.364 e. The van der Waals surface area contributed by atoms with Crippen molar-refractivity contribution in [3.05, 3.63) is 64.0 Å². The molecule has 0 amide bonds. The van der Waals surface area contributed by atoms with Crippen LogP contribution in [0.4, 0.5) is 13.2 Å². The molecule has 1 aromatic heterocycles. The third-order valence-corrected chi connectivity index (χ3v) is 4.23. The second-order valence-electron chi connectivity index (χ2n) is 4.71. The summed E-state index contributed by atoms with van der Waals surface area (Å²) in [5.74, 6) is 0. The standard InChI is InChI=1S/C14H13F3N2O2S/c1-22-11-6-4-10(5-7-11)13(9-19(20)21,14(15,16)17)12-3-2-8-18-12/h2-8,18H,9H2,1H3/t13-/m0/s1. The Balaban J connectivity index is 2.68. The molecular weight excluding hydrogens is 317 g/mol. The van der Waals surface area contributed by atoms with E-state index in [0.717, 1.165) is 4.90 Å². The molecule has 1 N–H and O–H groups in total. The van der Waals surface area contributed by atoms with Gasteiger partial charge in [-0.1, -0.05) is 12.1 Å². The fourth-order valence-corrected chi connectivity index (χ4v) is 2.81. The average molecular weight is 330 g/mol. The molecule has 8 heteroatoms. The van der Waals surface area contributed by atoms with Gasteiger partial charge < -0.3 is 4.98 Å². The minimum Gasteiger partial charge on any atom is -0.364 e. The number of alkyl halides is 3. The first-order valence-corrected chi connectivity index (χ1v) is 7.50. The van der Waals surface area contributed by atoms with Crippen molar-refractivity contribution in [2.45, 2.75) is 16.5 Å². The van der Waals surface area contributed by atoms with Crippen LogP contribution in [0, 0.1) is 10.1 Å². The second kappa shape index (κ2) is 6.04. The van der Waals surface area contributed by atoms with Gasteiger partial charge in [-0.15, -0.1) is 11.8 Å². The zero-order valence-electron chi connectivity index (χ0n) is 11.6. The van der Waals surface area contributed by atoms with Crippen molar-refractivity contribution in [1.29, 1.82) is 0 Å². The molecule has 0 aliphatic rings. The van der Waals surface area contributed by atoms with Crippen LogP contribution in [-0.4, -0.2) is 28.9 Å². The summed E-state index contributed by atoms with van der Waals surface area (Å²) in [5, 5.41) is 10.9. The van der Waals surface area contributed by atoms with E-state index in [0.29, 0.717) is 0 Å². The molecule has 1 heterocycles. The summed E-state index contributed by atoms with van der Waals surface area (Å²) < 4.78 is 41.5. The fourth-order valence-electron chi connectivity index (χ4n) is 2.40. The Kier molecular flexibility index (Phi) is 4.50. The zero-order valence-corrected chi connectivity index (χ0v) is 12.4. The Morgan fingerprint density at radius 1 is 1.23 bits per heavy atom. The van der Waals surface area contributed by atoms with Gasteiger partial charge in [0.1, 0.15) is 0 Å². The van der Waals surface area contributed by atoms with Crippen LogP contribution in [0.25, 0.3) is 0 Å². The van der Waals surface area contributed by atoms with Crippen LogP contribution in [0.1, 0.15) is 11.3 Å². The Hall–Kier alpha value is -1.96. The largest absolute Gasteiger partial charge is 0.410 e. The van der Waals surface area contributed by atoms with E-state index in [1.54, 1.807) is 6.26 Å². The minimum atomic E-state index is -4.81. The molecule has 0 radical (unpaired) electrons. The summed E-state index contributed by atoms with van der Waals surface area (Å²) in [7, 11) is 0. The third kappa shape index (κ3) is 2.83. The lowest BCUT2D eigenvalue weighted by Gasteiger charge is -2.32. The summed E-state index contributed by atoms with van der Waals surface area (Å²) in [6.07, 6.45) is -1.69. The lowest BCUT2D eigenvalue weighted by Crippen LogP contribution is -2.49. The van der Waals surface area contributed by atoms with Gasteiger partial charge in [0.05, 0.1) is 0 Å². The molecule has 0 spiro atoms. The first-order valence-electron chi connectivity index (χ1n) is 6.28. The van der Waals surface area contributed by atoms with E-state index >= 15 is 0 Å². The number of thioether (sulfide) groups is 1. The van der Waals surface area contributed by atoms with E-state index in [2.05, 4.69) is 4.98 Å². The number of hydrogen-bond acceptors (Lipinski definition) is 3. The number of nitro groups is 1. The van der Waals surface area contributed by atoms with E-state index in [4.69, 9.17) is 0 Å². The maximum absolute atomic E-state index is 13.8. The van der Waals surface area contributed by atoms with Crippen LogP contribution >= 0.6 is 11.8 Å². The normalized spacial score (nSPS) is 14.5. The number of aromatic amines is 1. The van der Waals surface area contributed by atoms with Crippen molar-refractivity contribution in [2.75, 3.05) is 12.8 Å². The first-order chi connectivity index (χ1) is 10.3. The van der Waals surface area contributed by atoms with Gasteiger partial charge in [0.2, 0.25) is 6.54 Å². The third-order valence-electron chi connectivity index (χ3n) is 3.49. The molecule has 0 saturated heterocycles. The summed E-state index contributed by atoms with van der Waals surface area (Å²) in [6.45, 7) is -1.27. The van der Waals surface area contributed by atoms with Gasteiger partial charge in [0, 0.05) is 21.7 Å². The molecule has 4 nitrogen and oxygen atoms in total. The van der Waals surface area contributed by atoms with E-state index in [1.165, 1.54) is 54.4 Å². The molecule has 0 saturated carbocycles. The molecule has 22 heavy (non-hydrogen) atoms. The van der Waals surface area contributed by atoms with E-state index in [1.807, 2.05) is 0 Å². The Morgan fingerprint density at radius 3 is 2.27 bits per heavy atom. The molecule has 0 aliphatic carbocycles. The zero-order chi connectivity index (χ0) is 16.4. The van der Waals surface area contributed by atoms with E-state index < -0.39 is 23.1 Å². The van der Waals surface area contributed by atoms with E-state index in [9.17, 15) is 23.3 Å². The highest BCUT2D eigenvalue weighted by Crippen LogP contribution is 2.46. The summed E-state index contributed by atoms with van der Waals surface area (Å²) >= 11 is 1.38. The molecule has 1 aromatic carbocycles. The quantitative estimate of drug-likeness (QED) is 0.514. The number of nitrogens with one attached hydrogen (secondary N) is 1. The highest BCUT2D eigenvalue weighted by molar-refractivity contribution is 7.98. The molecule has 0 aliphatic heterocycles. The number of H-pyrrole nitrogens is 1. The van der Waals surface area contributed by atoms with E-state index in [-0.39, 0.29) is 11.3 Å². The van der Waals surface area contributed by atoms with Crippen LogP contribution in [0.2, 0.25) is 0 Å². The monoisotopic (exact) mass is 330 g/mol. The fraction of sp³-hybridized carbons (Fsp3) is 0.286. The number of nitrogens with zero attached hydrogens (tertiary/aromatic N) is 1. The lowest BCUT2D eigenvalue weighted by atomic mass is 9.76. The lowest BCUT2D eigenvalue weighted by molar-refractivity contribution is -0.498. The SMILES string of the molecule is CSc1ccc([C@@](C[N+](=O)[O-])(c2ccc[nH]2)C(F)(F)F)cc1. The van der Waals surface area contributed by atoms with Crippen LogP contribution in [0.15, 0.2) is 47.5 Å². The first kappa shape index (κ1) is 16.4. The van der Waals surface area contributed by atoms with Crippen molar-refractivity contribution in [2.24, 2.45) is 0 Å². The van der Waals surface area contributed by atoms with Gasteiger partial charge in [-0.05, 0) is 36.1 Å². The number of hydrogen-bond donors (Lipinski definition) is 1. The topological polar surface area (TPSA) is 58.9 Å². The van der Waals surface area contributed by atoms with Crippen molar-refractivity contribution in [3.63, 3.8) is 0 Å². The van der Waals surface area contributed by atoms with Crippen molar-refractivity contribution >= 4 is 11.8 Å². The van der Waals surface area contributed by atoms with Crippen molar-refractivity contribution in [1.82, 2.24) is 4.98 Å². The molecule has 0 fully saturated rings. The van der Waals surface area contributed by atoms with Crippen LogP contribution in [-0.2, 0) is 5.41 Å². The molecule has 0 bridgehead atoms. The molecule has 2 aromatic rings. The molecule has 0 unspecified atom stereocenters. The van der Waals surface area contributed by atoms with Gasteiger partial charge in [-0.25, -0.2) is 0 Å². The van der Waals surface area contributed by atoms with Crippen LogP contribution in [0.3, 0.4) is 0 Å². The molecule has 1 atom stereocenters. The van der Waals surface area contributed by atoms with Gasteiger partial charge in [-0.3, -0.25) is 10.1 Å². The maximum Gasteiger partial charge on any atom is 0.410 e. The molecular formula is C14H13F3N2O2S.